The number of methoxy groups -OCH3 is 1. The molecule has 0 fully saturated rings. The number of fused-ring (bicyclic) bond motifs is 1. The van der Waals surface area contributed by atoms with Crippen LogP contribution in [0.2, 0.25) is 15.1 Å². The lowest BCUT2D eigenvalue weighted by molar-refractivity contribution is -0.127. The fourth-order valence-electron chi connectivity index (χ4n) is 3.22. The smallest absolute Gasteiger partial charge is 0.355 e. The summed E-state index contributed by atoms with van der Waals surface area (Å²) < 4.78 is 17.4. The second-order valence-electron chi connectivity index (χ2n) is 7.61. The summed E-state index contributed by atoms with van der Waals surface area (Å²) in [6, 6.07) is 17.0. The number of amides is 1. The van der Waals surface area contributed by atoms with Crippen LogP contribution >= 0.6 is 46.1 Å². The Balaban J connectivity index is 1.39. The maximum atomic E-state index is 12.8. The van der Waals surface area contributed by atoms with Crippen molar-refractivity contribution in [1.29, 1.82) is 0 Å². The van der Waals surface area contributed by atoms with Gasteiger partial charge in [-0.2, -0.15) is 5.10 Å². The molecule has 0 aliphatic carbocycles. The number of carbonyl (C=O) groups excluding carboxylic acids is 2. The van der Waals surface area contributed by atoms with E-state index >= 15 is 0 Å². The van der Waals surface area contributed by atoms with Crippen molar-refractivity contribution in [1.82, 2.24) is 5.43 Å². The molecule has 0 unspecified atom stereocenters. The molecule has 0 saturated carbocycles. The van der Waals surface area contributed by atoms with Gasteiger partial charge in [0.1, 0.15) is 10.6 Å². The lowest BCUT2D eigenvalue weighted by Crippen LogP contribution is -2.33. The Hall–Kier alpha value is -3.30. The van der Waals surface area contributed by atoms with Crippen LogP contribution in [0.1, 0.15) is 22.2 Å². The van der Waals surface area contributed by atoms with Crippen LogP contribution in [0.15, 0.2) is 65.8 Å². The molecule has 1 N–H and O–H groups in total. The molecule has 0 spiro atoms. The van der Waals surface area contributed by atoms with E-state index in [1.165, 1.54) is 30.7 Å². The second-order valence-corrected chi connectivity index (χ2v) is 9.88. The molecule has 0 saturated heterocycles. The molecule has 1 atom stereocenters. The Labute approximate surface area is 231 Å². The SMILES string of the molecule is COc1cc(/C=N\NC(=O)[C@H](C)Oc2ccc(Cl)cc2Cl)ccc1OC(=O)c1sc2ccccc2c1Cl. The van der Waals surface area contributed by atoms with Gasteiger partial charge in [-0.1, -0.05) is 53.0 Å². The average Bonchev–Trinajstić information content (AvgIpc) is 3.23. The maximum absolute atomic E-state index is 12.8. The fourth-order valence-corrected chi connectivity index (χ4v) is 5.05. The number of ether oxygens (including phenoxy) is 3. The van der Waals surface area contributed by atoms with Gasteiger partial charge in [0, 0.05) is 15.1 Å². The van der Waals surface area contributed by atoms with E-state index in [2.05, 4.69) is 10.5 Å². The standard InChI is InChI=1S/C26H19Cl3N2O5S/c1-14(35-19-10-8-16(27)12-18(19)28)25(32)31-30-13-15-7-9-20(21(11-15)34-2)36-26(33)24-23(29)17-5-3-4-6-22(17)37-24/h3-14H,1-2H3,(H,31,32)/b30-13-/t14-/m0/s1. The Kier molecular flexibility index (Phi) is 8.56. The largest absolute Gasteiger partial charge is 0.493 e. The van der Waals surface area contributed by atoms with Gasteiger partial charge < -0.3 is 14.2 Å². The minimum Gasteiger partial charge on any atom is -0.493 e. The van der Waals surface area contributed by atoms with Gasteiger partial charge in [0.25, 0.3) is 5.91 Å². The number of thiophene rings is 1. The van der Waals surface area contributed by atoms with Gasteiger partial charge in [0.15, 0.2) is 17.6 Å². The molecular weight excluding hydrogens is 559 g/mol. The molecule has 1 heterocycles. The summed E-state index contributed by atoms with van der Waals surface area (Å²) in [5, 5.41) is 5.84. The number of hydrogen-bond donors (Lipinski definition) is 1. The predicted octanol–water partition coefficient (Wildman–Crippen LogP) is 7.01. The van der Waals surface area contributed by atoms with E-state index in [-0.39, 0.29) is 10.8 Å². The number of benzene rings is 3. The van der Waals surface area contributed by atoms with Crippen molar-refractivity contribution in [2.75, 3.05) is 7.11 Å². The Morgan fingerprint density at radius 3 is 2.49 bits per heavy atom. The predicted molar refractivity (Wildman–Crippen MR) is 147 cm³/mol. The van der Waals surface area contributed by atoms with Crippen LogP contribution < -0.4 is 19.6 Å². The highest BCUT2D eigenvalue weighted by molar-refractivity contribution is 7.21. The zero-order valence-electron chi connectivity index (χ0n) is 19.5. The van der Waals surface area contributed by atoms with Crippen molar-refractivity contribution < 1.29 is 23.8 Å². The molecule has 0 radical (unpaired) electrons. The van der Waals surface area contributed by atoms with E-state index in [1.54, 1.807) is 37.3 Å². The Morgan fingerprint density at radius 2 is 1.76 bits per heavy atom. The van der Waals surface area contributed by atoms with Gasteiger partial charge in [-0.25, -0.2) is 10.2 Å². The van der Waals surface area contributed by atoms with E-state index < -0.39 is 18.0 Å². The number of hydrazone groups is 1. The first-order valence-corrected chi connectivity index (χ1v) is 12.7. The Morgan fingerprint density at radius 1 is 1.00 bits per heavy atom. The molecule has 0 aliphatic rings. The highest BCUT2D eigenvalue weighted by Crippen LogP contribution is 2.37. The highest BCUT2D eigenvalue weighted by atomic mass is 35.5. The Bertz CT molecular complexity index is 1510. The van der Waals surface area contributed by atoms with Crippen LogP contribution in [0, 0.1) is 0 Å². The van der Waals surface area contributed by atoms with Gasteiger partial charge in [-0.15, -0.1) is 11.3 Å². The van der Waals surface area contributed by atoms with Gasteiger partial charge in [-0.05, 0) is 55.0 Å². The number of carbonyl (C=O) groups is 2. The molecule has 7 nitrogen and oxygen atoms in total. The van der Waals surface area contributed by atoms with Crippen molar-refractivity contribution in [3.05, 3.63) is 86.2 Å². The average molecular weight is 578 g/mol. The van der Waals surface area contributed by atoms with Gasteiger partial charge in [0.05, 0.1) is 23.4 Å². The van der Waals surface area contributed by atoms with Gasteiger partial charge in [-0.3, -0.25) is 4.79 Å². The topological polar surface area (TPSA) is 86.2 Å². The third kappa shape index (κ3) is 6.34. The number of esters is 1. The summed E-state index contributed by atoms with van der Waals surface area (Å²) in [6.45, 7) is 1.56. The molecule has 4 rings (SSSR count). The van der Waals surface area contributed by atoms with E-state index in [1.807, 2.05) is 24.3 Å². The molecule has 190 valence electrons. The molecule has 11 heteroatoms. The third-order valence-electron chi connectivity index (χ3n) is 5.07. The normalized spacial score (nSPS) is 11.9. The zero-order chi connectivity index (χ0) is 26.5. The summed E-state index contributed by atoms with van der Waals surface area (Å²) in [5.41, 5.74) is 2.99. The molecule has 0 aliphatic heterocycles. The van der Waals surface area contributed by atoms with E-state index in [4.69, 9.17) is 49.0 Å². The minimum atomic E-state index is -0.868. The first-order chi connectivity index (χ1) is 17.8. The maximum Gasteiger partial charge on any atom is 0.355 e. The lowest BCUT2D eigenvalue weighted by atomic mass is 10.2. The molecule has 1 amide bonds. The van der Waals surface area contributed by atoms with Crippen LogP contribution in [0.5, 0.6) is 17.2 Å². The summed E-state index contributed by atoms with van der Waals surface area (Å²) >= 11 is 19.6. The van der Waals surface area contributed by atoms with Crippen LogP contribution in [-0.4, -0.2) is 31.3 Å². The number of rotatable bonds is 8. The molecule has 3 aromatic carbocycles. The second kappa shape index (κ2) is 11.8. The van der Waals surface area contributed by atoms with Crippen LogP contribution in [0.3, 0.4) is 0 Å². The summed E-state index contributed by atoms with van der Waals surface area (Å²) in [4.78, 5) is 25.4. The van der Waals surface area contributed by atoms with Crippen LogP contribution in [0.4, 0.5) is 0 Å². The van der Waals surface area contributed by atoms with Crippen molar-refractivity contribution >= 4 is 74.3 Å². The van der Waals surface area contributed by atoms with Crippen LogP contribution in [0.25, 0.3) is 10.1 Å². The summed E-state index contributed by atoms with van der Waals surface area (Å²) in [7, 11) is 1.45. The van der Waals surface area contributed by atoms with Crippen molar-refractivity contribution in [3.8, 4) is 17.2 Å². The lowest BCUT2D eigenvalue weighted by Gasteiger charge is -2.14. The minimum absolute atomic E-state index is 0.212. The van der Waals surface area contributed by atoms with Crippen molar-refractivity contribution in [3.63, 3.8) is 0 Å². The highest BCUT2D eigenvalue weighted by Gasteiger charge is 2.20. The summed E-state index contributed by atoms with van der Waals surface area (Å²) in [5.74, 6) is -0.239. The number of halogens is 3. The molecule has 37 heavy (non-hydrogen) atoms. The van der Waals surface area contributed by atoms with Crippen molar-refractivity contribution in [2.24, 2.45) is 5.10 Å². The van der Waals surface area contributed by atoms with E-state index in [9.17, 15) is 9.59 Å². The van der Waals surface area contributed by atoms with Crippen LogP contribution in [-0.2, 0) is 4.79 Å². The van der Waals surface area contributed by atoms with E-state index in [0.29, 0.717) is 32.0 Å². The quantitative estimate of drug-likeness (QED) is 0.105. The van der Waals surface area contributed by atoms with Gasteiger partial charge >= 0.3 is 5.97 Å². The summed E-state index contributed by atoms with van der Waals surface area (Å²) in [6.07, 6.45) is 0.546. The number of nitrogens with one attached hydrogen (secondary N) is 1. The van der Waals surface area contributed by atoms with Crippen molar-refractivity contribution in [2.45, 2.75) is 13.0 Å². The first-order valence-electron chi connectivity index (χ1n) is 10.8. The van der Waals surface area contributed by atoms with E-state index in [0.717, 1.165) is 10.1 Å². The third-order valence-corrected chi connectivity index (χ3v) is 7.25. The molecule has 1 aromatic heterocycles. The fraction of sp³-hybridized carbons (Fsp3) is 0.115. The zero-order valence-corrected chi connectivity index (χ0v) is 22.5. The molecule has 4 aromatic rings. The first kappa shape index (κ1) is 26.8. The number of hydrogen-bond acceptors (Lipinski definition) is 7. The van der Waals surface area contributed by atoms with Gasteiger partial charge in [0.2, 0.25) is 0 Å². The molecule has 0 bridgehead atoms. The number of nitrogens with zero attached hydrogens (tertiary/aromatic N) is 1. The molecular formula is C26H19Cl3N2O5S. The monoisotopic (exact) mass is 576 g/mol.